The number of nitrogens with zero attached hydrogens (tertiary/aromatic N) is 1. The molecule has 32 heavy (non-hydrogen) atoms. The molecular weight excluding hydrogens is 398 g/mol. The molecule has 0 radical (unpaired) electrons. The molecule has 0 aliphatic heterocycles. The Morgan fingerprint density at radius 2 is 1.56 bits per heavy atom. The number of rotatable bonds is 14. The molecule has 0 aliphatic carbocycles. The standard InChI is InChI=1S/C28H39NO3/c1-6-7-18-31-27-20-22(2)28(23(3)21-27)32-19-12-10-8-9-11-13-25-14-16-26(17-15-25)24(4)29-30-5/h6-7,14-17,20-21H,8-13,18-19H2,1-5H3/b7-6+,29-24+. The first-order valence-electron chi connectivity index (χ1n) is 11.7. The first kappa shape index (κ1) is 25.5. The summed E-state index contributed by atoms with van der Waals surface area (Å²) in [4.78, 5) is 4.84. The summed E-state index contributed by atoms with van der Waals surface area (Å²) < 4.78 is 11.8. The Balaban J connectivity index is 1.62. The molecule has 0 saturated carbocycles. The molecule has 0 amide bonds. The molecule has 0 N–H and O–H groups in total. The first-order valence-corrected chi connectivity index (χ1v) is 11.7. The second kappa shape index (κ2) is 14.3. The molecule has 4 nitrogen and oxygen atoms in total. The molecule has 0 bridgehead atoms. The summed E-state index contributed by atoms with van der Waals surface area (Å²) in [6.45, 7) is 9.50. The number of hydrogen-bond acceptors (Lipinski definition) is 4. The minimum Gasteiger partial charge on any atom is -0.493 e. The van der Waals surface area contributed by atoms with Gasteiger partial charge in [0.15, 0.2) is 0 Å². The number of allylic oxidation sites excluding steroid dienone is 1. The molecule has 0 saturated heterocycles. The van der Waals surface area contributed by atoms with E-state index in [1.165, 1.54) is 31.2 Å². The quantitative estimate of drug-likeness (QED) is 0.136. The minimum atomic E-state index is 0.601. The Kier molecular flexibility index (Phi) is 11.4. The highest BCUT2D eigenvalue weighted by molar-refractivity contribution is 5.98. The Bertz CT molecular complexity index is 846. The van der Waals surface area contributed by atoms with Gasteiger partial charge in [-0.1, -0.05) is 60.8 Å². The lowest BCUT2D eigenvalue weighted by Crippen LogP contribution is -2.02. The molecule has 0 heterocycles. The van der Waals surface area contributed by atoms with Crippen molar-refractivity contribution in [3.05, 3.63) is 70.8 Å². The summed E-state index contributed by atoms with van der Waals surface area (Å²) in [7, 11) is 1.58. The lowest BCUT2D eigenvalue weighted by atomic mass is 10.0. The van der Waals surface area contributed by atoms with E-state index in [2.05, 4.69) is 55.4 Å². The third-order valence-electron chi connectivity index (χ3n) is 5.47. The van der Waals surface area contributed by atoms with E-state index in [0.717, 1.165) is 53.3 Å². The van der Waals surface area contributed by atoms with Gasteiger partial charge >= 0.3 is 0 Å². The van der Waals surface area contributed by atoms with Crippen molar-refractivity contribution in [3.63, 3.8) is 0 Å². The van der Waals surface area contributed by atoms with E-state index in [9.17, 15) is 0 Å². The number of aryl methyl sites for hydroxylation is 3. The maximum absolute atomic E-state index is 6.08. The van der Waals surface area contributed by atoms with Crippen LogP contribution in [0.5, 0.6) is 11.5 Å². The fourth-order valence-corrected chi connectivity index (χ4v) is 3.70. The maximum atomic E-state index is 6.08. The van der Waals surface area contributed by atoms with Crippen LogP contribution in [0.2, 0.25) is 0 Å². The Hall–Kier alpha value is -2.75. The van der Waals surface area contributed by atoms with Crippen molar-refractivity contribution in [1.29, 1.82) is 0 Å². The van der Waals surface area contributed by atoms with E-state index in [-0.39, 0.29) is 0 Å². The molecule has 0 atom stereocenters. The van der Waals surface area contributed by atoms with Gasteiger partial charge in [0.2, 0.25) is 0 Å². The van der Waals surface area contributed by atoms with Gasteiger partial charge in [0.1, 0.15) is 25.2 Å². The second-order valence-electron chi connectivity index (χ2n) is 8.19. The van der Waals surface area contributed by atoms with Crippen molar-refractivity contribution in [3.8, 4) is 11.5 Å². The number of oxime groups is 1. The average molecular weight is 438 g/mol. The number of benzene rings is 2. The molecule has 4 heteroatoms. The minimum absolute atomic E-state index is 0.601. The van der Waals surface area contributed by atoms with E-state index in [1.807, 2.05) is 26.0 Å². The molecular formula is C28H39NO3. The molecule has 0 unspecified atom stereocenters. The highest BCUT2D eigenvalue weighted by atomic mass is 16.6. The predicted octanol–water partition coefficient (Wildman–Crippen LogP) is 7.20. The van der Waals surface area contributed by atoms with Crippen LogP contribution in [0.25, 0.3) is 0 Å². The van der Waals surface area contributed by atoms with Crippen LogP contribution in [-0.4, -0.2) is 26.0 Å². The van der Waals surface area contributed by atoms with Crippen molar-refractivity contribution in [2.45, 2.75) is 66.2 Å². The molecule has 2 rings (SSSR count). The summed E-state index contributed by atoms with van der Waals surface area (Å²) in [5, 5.41) is 3.98. The van der Waals surface area contributed by atoms with Gasteiger partial charge in [-0.15, -0.1) is 0 Å². The lowest BCUT2D eigenvalue weighted by molar-refractivity contribution is 0.213. The number of unbranched alkanes of at least 4 members (excludes halogenated alkanes) is 4. The fraction of sp³-hybridized carbons (Fsp3) is 0.464. The summed E-state index contributed by atoms with van der Waals surface area (Å²) >= 11 is 0. The second-order valence-corrected chi connectivity index (χ2v) is 8.19. The molecule has 2 aromatic rings. The van der Waals surface area contributed by atoms with Crippen LogP contribution in [0, 0.1) is 13.8 Å². The third kappa shape index (κ3) is 8.78. The van der Waals surface area contributed by atoms with Gasteiger partial charge in [0, 0.05) is 0 Å². The van der Waals surface area contributed by atoms with Crippen LogP contribution in [0.3, 0.4) is 0 Å². The van der Waals surface area contributed by atoms with E-state index in [4.69, 9.17) is 14.3 Å². The Labute approximate surface area is 194 Å². The van der Waals surface area contributed by atoms with Crippen LogP contribution >= 0.6 is 0 Å². The number of hydrogen-bond donors (Lipinski definition) is 0. The number of ether oxygens (including phenoxy) is 2. The molecule has 0 aromatic heterocycles. The zero-order chi connectivity index (χ0) is 23.2. The van der Waals surface area contributed by atoms with Crippen molar-refractivity contribution in [2.24, 2.45) is 5.16 Å². The van der Waals surface area contributed by atoms with Crippen molar-refractivity contribution >= 4 is 5.71 Å². The fourth-order valence-electron chi connectivity index (χ4n) is 3.70. The Morgan fingerprint density at radius 3 is 2.22 bits per heavy atom. The van der Waals surface area contributed by atoms with Gasteiger partial charge in [0.25, 0.3) is 0 Å². The van der Waals surface area contributed by atoms with Gasteiger partial charge in [0.05, 0.1) is 12.3 Å². The van der Waals surface area contributed by atoms with E-state index < -0.39 is 0 Å². The SMILES string of the molecule is C/C=C/COc1cc(C)c(OCCCCCCCc2ccc(/C(C)=N/OC)cc2)c(C)c1. The Morgan fingerprint density at radius 1 is 0.906 bits per heavy atom. The zero-order valence-corrected chi connectivity index (χ0v) is 20.4. The third-order valence-corrected chi connectivity index (χ3v) is 5.47. The van der Waals surface area contributed by atoms with Crippen LogP contribution in [0.15, 0.2) is 53.7 Å². The van der Waals surface area contributed by atoms with Crippen LogP contribution in [0.1, 0.15) is 68.2 Å². The summed E-state index contributed by atoms with van der Waals surface area (Å²) in [5.74, 6) is 1.90. The highest BCUT2D eigenvalue weighted by Gasteiger charge is 2.07. The largest absolute Gasteiger partial charge is 0.493 e. The van der Waals surface area contributed by atoms with E-state index >= 15 is 0 Å². The molecule has 174 valence electrons. The van der Waals surface area contributed by atoms with Gasteiger partial charge in [-0.2, -0.15) is 0 Å². The van der Waals surface area contributed by atoms with Crippen LogP contribution in [-0.2, 0) is 11.3 Å². The normalized spacial score (nSPS) is 11.7. The smallest absolute Gasteiger partial charge is 0.125 e. The lowest BCUT2D eigenvalue weighted by Gasteiger charge is -2.14. The van der Waals surface area contributed by atoms with Gasteiger partial charge in [-0.05, 0) is 81.3 Å². The van der Waals surface area contributed by atoms with Crippen LogP contribution in [0.4, 0.5) is 0 Å². The topological polar surface area (TPSA) is 40.0 Å². The zero-order valence-electron chi connectivity index (χ0n) is 20.4. The van der Waals surface area contributed by atoms with Gasteiger partial charge < -0.3 is 14.3 Å². The maximum Gasteiger partial charge on any atom is 0.125 e. The van der Waals surface area contributed by atoms with Crippen molar-refractivity contribution in [1.82, 2.24) is 0 Å². The predicted molar refractivity (Wildman–Crippen MR) is 134 cm³/mol. The molecule has 0 fully saturated rings. The highest BCUT2D eigenvalue weighted by Crippen LogP contribution is 2.28. The molecule has 2 aromatic carbocycles. The van der Waals surface area contributed by atoms with Crippen LogP contribution < -0.4 is 9.47 Å². The summed E-state index contributed by atoms with van der Waals surface area (Å²) in [6, 6.07) is 12.7. The first-order chi connectivity index (χ1) is 15.5. The summed E-state index contributed by atoms with van der Waals surface area (Å²) in [5.41, 5.74) is 5.66. The van der Waals surface area contributed by atoms with Gasteiger partial charge in [-0.3, -0.25) is 0 Å². The molecule has 0 aliphatic rings. The summed E-state index contributed by atoms with van der Waals surface area (Å²) in [6.07, 6.45) is 11.1. The van der Waals surface area contributed by atoms with E-state index in [0.29, 0.717) is 6.61 Å². The monoisotopic (exact) mass is 437 g/mol. The van der Waals surface area contributed by atoms with E-state index in [1.54, 1.807) is 7.11 Å². The average Bonchev–Trinajstić information content (AvgIpc) is 2.78. The van der Waals surface area contributed by atoms with Gasteiger partial charge in [-0.25, -0.2) is 0 Å². The van der Waals surface area contributed by atoms with Crippen molar-refractivity contribution < 1.29 is 14.3 Å². The van der Waals surface area contributed by atoms with Crippen molar-refractivity contribution in [2.75, 3.05) is 20.3 Å². The molecule has 0 spiro atoms.